The number of anilines is 1. The number of carbonyl (C=O) groups is 2. The first-order valence-electron chi connectivity index (χ1n) is 10.1. The molecule has 2 atom stereocenters. The number of rotatable bonds is 5. The molecule has 0 bridgehead atoms. The summed E-state index contributed by atoms with van der Waals surface area (Å²) in [5.74, 6) is 0.106. The Bertz CT molecular complexity index is 1410. The highest BCUT2D eigenvalue weighted by Crippen LogP contribution is 2.41. The monoisotopic (exact) mass is 519 g/mol. The van der Waals surface area contributed by atoms with Crippen LogP contribution in [0.2, 0.25) is 4.34 Å². The molecule has 5 rings (SSSR count). The Morgan fingerprint density at radius 1 is 1.21 bits per heavy atom. The van der Waals surface area contributed by atoms with Gasteiger partial charge >= 0.3 is 6.09 Å². The highest BCUT2D eigenvalue weighted by molar-refractivity contribution is 7.89. The highest BCUT2D eigenvalue weighted by atomic mass is 35.5. The second-order valence-electron chi connectivity index (χ2n) is 7.71. The number of halogens is 1. The Labute approximate surface area is 204 Å². The minimum atomic E-state index is -3.93. The SMILES string of the molecule is NS(=O)(=O)c1ccccc1-c1ccc2c(c1)OCC1C(CNC(=O)c3ccc(Cl)s3)OC(=O)N21. The molecule has 2 aliphatic rings. The van der Waals surface area contributed by atoms with Crippen LogP contribution in [0.15, 0.2) is 59.5 Å². The maximum absolute atomic E-state index is 12.7. The summed E-state index contributed by atoms with van der Waals surface area (Å²) < 4.78 is 35.9. The molecule has 0 radical (unpaired) electrons. The summed E-state index contributed by atoms with van der Waals surface area (Å²) in [6.45, 7) is 0.254. The highest BCUT2D eigenvalue weighted by Gasteiger charge is 2.46. The molecule has 2 aliphatic heterocycles. The summed E-state index contributed by atoms with van der Waals surface area (Å²) in [6.07, 6.45) is -1.16. The van der Waals surface area contributed by atoms with Gasteiger partial charge in [-0.2, -0.15) is 0 Å². The lowest BCUT2D eigenvalue weighted by Gasteiger charge is -2.31. The van der Waals surface area contributed by atoms with Crippen molar-refractivity contribution in [3.8, 4) is 16.9 Å². The molecule has 176 valence electrons. The molecule has 0 spiro atoms. The molecule has 1 fully saturated rings. The number of cyclic esters (lactones) is 1. The number of carbonyl (C=O) groups excluding carboxylic acids is 2. The van der Waals surface area contributed by atoms with Gasteiger partial charge < -0.3 is 14.8 Å². The van der Waals surface area contributed by atoms with Crippen molar-refractivity contribution in [1.82, 2.24) is 5.32 Å². The van der Waals surface area contributed by atoms with E-state index in [1.165, 1.54) is 11.0 Å². The van der Waals surface area contributed by atoms with Gasteiger partial charge in [-0.25, -0.2) is 18.4 Å². The molecule has 1 saturated heterocycles. The molecular formula is C22H18ClN3O6S2. The van der Waals surface area contributed by atoms with Gasteiger partial charge in [0.25, 0.3) is 5.91 Å². The van der Waals surface area contributed by atoms with Gasteiger partial charge in [0.2, 0.25) is 10.0 Å². The lowest BCUT2D eigenvalue weighted by Crippen LogP contribution is -2.47. The molecule has 9 nitrogen and oxygen atoms in total. The molecule has 2 aromatic carbocycles. The molecule has 2 amide bonds. The average molecular weight is 520 g/mol. The van der Waals surface area contributed by atoms with Crippen LogP contribution in [0.25, 0.3) is 11.1 Å². The number of primary sulfonamides is 1. The normalized spacial score (nSPS) is 19.1. The van der Waals surface area contributed by atoms with Gasteiger partial charge in [0.1, 0.15) is 24.5 Å². The van der Waals surface area contributed by atoms with E-state index in [2.05, 4.69) is 5.32 Å². The van der Waals surface area contributed by atoms with Gasteiger partial charge in [0.05, 0.1) is 26.3 Å². The molecule has 1 aromatic heterocycles. The zero-order chi connectivity index (χ0) is 24.0. The Morgan fingerprint density at radius 3 is 2.74 bits per heavy atom. The second-order valence-corrected chi connectivity index (χ2v) is 11.0. The Balaban J connectivity index is 1.37. The summed E-state index contributed by atoms with van der Waals surface area (Å²) in [5, 5.41) is 8.13. The summed E-state index contributed by atoms with van der Waals surface area (Å²) in [7, 11) is -3.93. The third-order valence-corrected chi connectivity index (χ3v) is 7.80. The van der Waals surface area contributed by atoms with Gasteiger partial charge in [-0.3, -0.25) is 9.69 Å². The van der Waals surface area contributed by atoms with E-state index in [1.807, 2.05) is 0 Å². The number of nitrogens with zero attached hydrogens (tertiary/aromatic N) is 1. The predicted octanol–water partition coefficient (Wildman–Crippen LogP) is 3.23. The summed E-state index contributed by atoms with van der Waals surface area (Å²) >= 11 is 7.04. The smallest absolute Gasteiger partial charge is 0.415 e. The summed E-state index contributed by atoms with van der Waals surface area (Å²) in [4.78, 5) is 26.9. The molecule has 34 heavy (non-hydrogen) atoms. The van der Waals surface area contributed by atoms with Crippen molar-refractivity contribution < 1.29 is 27.5 Å². The standard InChI is InChI=1S/C22H18ClN3O6S2/c23-20-8-7-18(33-20)21(27)25-10-17-15-11-31-16-9-12(5-6-14(16)26(15)22(28)32-17)13-3-1-2-4-19(13)34(24,29)30/h1-9,15,17H,10-11H2,(H,25,27)(H2,24,29,30). The fourth-order valence-corrected chi connectivity index (χ4v) is 5.76. The van der Waals surface area contributed by atoms with Crippen molar-refractivity contribution in [2.24, 2.45) is 5.14 Å². The van der Waals surface area contributed by atoms with E-state index >= 15 is 0 Å². The van der Waals surface area contributed by atoms with Crippen LogP contribution in [0.1, 0.15) is 9.67 Å². The van der Waals surface area contributed by atoms with Crippen LogP contribution in [0.4, 0.5) is 10.5 Å². The summed E-state index contributed by atoms with van der Waals surface area (Å²) in [5.41, 5.74) is 1.50. The van der Waals surface area contributed by atoms with Crippen LogP contribution in [0.3, 0.4) is 0 Å². The Hall–Kier alpha value is -3.12. The van der Waals surface area contributed by atoms with E-state index < -0.39 is 28.3 Å². The zero-order valence-electron chi connectivity index (χ0n) is 17.4. The maximum atomic E-state index is 12.7. The lowest BCUT2D eigenvalue weighted by atomic mass is 10.0. The van der Waals surface area contributed by atoms with Crippen LogP contribution in [-0.4, -0.2) is 45.7 Å². The largest absolute Gasteiger partial charge is 0.489 e. The van der Waals surface area contributed by atoms with Crippen molar-refractivity contribution in [3.05, 3.63) is 63.8 Å². The molecule has 3 aromatic rings. The number of amides is 2. The van der Waals surface area contributed by atoms with Gasteiger partial charge in [0.15, 0.2) is 0 Å². The van der Waals surface area contributed by atoms with E-state index in [4.69, 9.17) is 26.2 Å². The van der Waals surface area contributed by atoms with Crippen molar-refractivity contribution in [2.75, 3.05) is 18.1 Å². The molecule has 0 saturated carbocycles. The Kier molecular flexibility index (Phi) is 5.72. The minimum absolute atomic E-state index is 0.00736. The second kappa shape index (κ2) is 8.58. The number of benzene rings is 2. The van der Waals surface area contributed by atoms with Gasteiger partial charge in [-0.1, -0.05) is 35.9 Å². The lowest BCUT2D eigenvalue weighted by molar-refractivity contribution is 0.0890. The third-order valence-electron chi connectivity index (χ3n) is 5.60. The Morgan fingerprint density at radius 2 is 2.00 bits per heavy atom. The molecule has 3 N–H and O–H groups in total. The number of sulfonamides is 1. The van der Waals surface area contributed by atoms with E-state index in [0.29, 0.717) is 31.8 Å². The first-order valence-corrected chi connectivity index (χ1v) is 12.9. The maximum Gasteiger partial charge on any atom is 0.415 e. The van der Waals surface area contributed by atoms with Crippen LogP contribution in [-0.2, 0) is 14.8 Å². The van der Waals surface area contributed by atoms with Crippen molar-refractivity contribution in [1.29, 1.82) is 0 Å². The van der Waals surface area contributed by atoms with E-state index in [0.717, 1.165) is 11.3 Å². The first kappa shape index (κ1) is 22.7. The quantitative estimate of drug-likeness (QED) is 0.532. The topological polar surface area (TPSA) is 128 Å². The average Bonchev–Trinajstić information content (AvgIpc) is 3.39. The van der Waals surface area contributed by atoms with E-state index in [-0.39, 0.29) is 24.0 Å². The number of hydrogen-bond donors (Lipinski definition) is 2. The fraction of sp³-hybridized carbons (Fsp3) is 0.182. The number of fused-ring (bicyclic) bond motifs is 3. The summed E-state index contributed by atoms with van der Waals surface area (Å²) in [6, 6.07) is 14.2. The predicted molar refractivity (Wildman–Crippen MR) is 127 cm³/mol. The number of nitrogens with two attached hydrogens (primary N) is 1. The van der Waals surface area contributed by atoms with Crippen molar-refractivity contribution in [2.45, 2.75) is 17.0 Å². The molecular weight excluding hydrogens is 502 g/mol. The number of ether oxygens (including phenoxy) is 2. The van der Waals surface area contributed by atoms with Gasteiger partial charge in [-0.15, -0.1) is 11.3 Å². The number of nitrogens with one attached hydrogen (secondary N) is 1. The minimum Gasteiger partial charge on any atom is -0.489 e. The van der Waals surface area contributed by atoms with Gasteiger partial charge in [0, 0.05) is 5.56 Å². The van der Waals surface area contributed by atoms with Crippen molar-refractivity contribution in [3.63, 3.8) is 0 Å². The zero-order valence-corrected chi connectivity index (χ0v) is 19.8. The first-order chi connectivity index (χ1) is 16.2. The number of hydrogen-bond acceptors (Lipinski definition) is 7. The van der Waals surface area contributed by atoms with Crippen LogP contribution >= 0.6 is 22.9 Å². The molecule has 0 aliphatic carbocycles. The van der Waals surface area contributed by atoms with Gasteiger partial charge in [-0.05, 0) is 35.9 Å². The molecule has 3 heterocycles. The van der Waals surface area contributed by atoms with Crippen LogP contribution in [0.5, 0.6) is 5.75 Å². The molecule has 12 heteroatoms. The third kappa shape index (κ3) is 4.11. The number of thiophene rings is 1. The fourth-order valence-electron chi connectivity index (χ4n) is 4.04. The van der Waals surface area contributed by atoms with E-state index in [1.54, 1.807) is 48.5 Å². The van der Waals surface area contributed by atoms with Crippen LogP contribution < -0.4 is 20.1 Å². The van der Waals surface area contributed by atoms with Crippen molar-refractivity contribution >= 4 is 50.6 Å². The molecule has 2 unspecified atom stereocenters. The van der Waals surface area contributed by atoms with Crippen LogP contribution in [0, 0.1) is 0 Å². The van der Waals surface area contributed by atoms with E-state index in [9.17, 15) is 18.0 Å².